The number of nitrogens with one attached hydrogen (secondary N) is 1. The lowest BCUT2D eigenvalue weighted by molar-refractivity contribution is 0.0471. The fraction of sp³-hybridized carbons (Fsp3) is 0.412. The Balaban J connectivity index is 1.66. The number of rotatable bonds is 3. The van der Waals surface area contributed by atoms with Gasteiger partial charge in [0, 0.05) is 25.1 Å². The molecule has 0 radical (unpaired) electrons. The van der Waals surface area contributed by atoms with Gasteiger partial charge in [-0.25, -0.2) is 4.98 Å². The highest BCUT2D eigenvalue weighted by Gasteiger charge is 2.28. The molecule has 1 saturated heterocycles. The zero-order valence-corrected chi connectivity index (χ0v) is 12.7. The Morgan fingerprint density at radius 3 is 2.82 bits per heavy atom. The van der Waals surface area contributed by atoms with Gasteiger partial charge >= 0.3 is 0 Å². The maximum absolute atomic E-state index is 11.5. The van der Waals surface area contributed by atoms with E-state index in [1.165, 1.54) is 11.6 Å². The molecule has 3 rings (SSSR count). The molecule has 2 heterocycles. The number of aliphatic hydroxyl groups excluding tert-OH is 1. The lowest BCUT2D eigenvalue weighted by Crippen LogP contribution is -2.42. The quantitative estimate of drug-likeness (QED) is 0.899. The molecule has 2 N–H and O–H groups in total. The van der Waals surface area contributed by atoms with Crippen LogP contribution in [0.1, 0.15) is 29.4 Å². The lowest BCUT2D eigenvalue weighted by atomic mass is 9.87. The molecule has 5 heteroatoms. The van der Waals surface area contributed by atoms with E-state index in [2.05, 4.69) is 27.0 Å². The summed E-state index contributed by atoms with van der Waals surface area (Å²) in [5, 5.41) is 10.5. The van der Waals surface area contributed by atoms with Crippen LogP contribution in [0.25, 0.3) is 0 Å². The summed E-state index contributed by atoms with van der Waals surface area (Å²) in [5.41, 5.74) is 1.83. The van der Waals surface area contributed by atoms with Crippen molar-refractivity contribution in [1.29, 1.82) is 0 Å². The summed E-state index contributed by atoms with van der Waals surface area (Å²) >= 11 is 0. The van der Waals surface area contributed by atoms with E-state index in [1.807, 2.05) is 18.2 Å². The standard InChI is InChI=1S/C17H21N3O2/c1-12-18-14(9-17(22)19-12)10-20-8-7-15(16(21)11-20)13-5-3-2-4-6-13/h2-6,9,15-16,21H,7-8,10-11H2,1H3,(H,18,19,22)/t15-,16-/m1/s1. The van der Waals surface area contributed by atoms with Crippen molar-refractivity contribution in [3.63, 3.8) is 0 Å². The van der Waals surface area contributed by atoms with Crippen molar-refractivity contribution >= 4 is 0 Å². The van der Waals surface area contributed by atoms with Crippen LogP contribution in [0.3, 0.4) is 0 Å². The Labute approximate surface area is 129 Å². The van der Waals surface area contributed by atoms with E-state index in [-0.39, 0.29) is 17.6 Å². The minimum Gasteiger partial charge on any atom is -0.391 e. The second kappa shape index (κ2) is 6.42. The van der Waals surface area contributed by atoms with Crippen LogP contribution in [0, 0.1) is 6.92 Å². The van der Waals surface area contributed by atoms with Crippen molar-refractivity contribution < 1.29 is 5.11 Å². The van der Waals surface area contributed by atoms with Crippen molar-refractivity contribution in [3.05, 3.63) is 63.8 Å². The number of nitrogens with zero attached hydrogens (tertiary/aromatic N) is 2. The first-order chi connectivity index (χ1) is 10.6. The molecule has 1 aromatic heterocycles. The van der Waals surface area contributed by atoms with Gasteiger partial charge in [0.2, 0.25) is 0 Å². The molecule has 0 unspecified atom stereocenters. The SMILES string of the molecule is Cc1nc(CN2CC[C@H](c3ccccc3)[C@H](O)C2)cc(=O)[nH]1. The number of aryl methyl sites for hydroxylation is 1. The zero-order chi connectivity index (χ0) is 15.5. The van der Waals surface area contributed by atoms with Gasteiger partial charge in [-0.1, -0.05) is 30.3 Å². The van der Waals surface area contributed by atoms with Gasteiger partial charge in [-0.05, 0) is 25.5 Å². The Morgan fingerprint density at radius 1 is 1.36 bits per heavy atom. The second-order valence-corrected chi connectivity index (χ2v) is 5.93. The summed E-state index contributed by atoms with van der Waals surface area (Å²) < 4.78 is 0. The average Bonchev–Trinajstić information content (AvgIpc) is 2.47. The third kappa shape index (κ3) is 3.43. The van der Waals surface area contributed by atoms with Gasteiger partial charge in [0.05, 0.1) is 11.8 Å². The van der Waals surface area contributed by atoms with E-state index in [9.17, 15) is 9.90 Å². The van der Waals surface area contributed by atoms with Crippen LogP contribution >= 0.6 is 0 Å². The van der Waals surface area contributed by atoms with Crippen LogP contribution in [-0.2, 0) is 6.54 Å². The summed E-state index contributed by atoms with van der Waals surface area (Å²) in [7, 11) is 0. The van der Waals surface area contributed by atoms with Crippen LogP contribution in [-0.4, -0.2) is 39.2 Å². The predicted molar refractivity (Wildman–Crippen MR) is 84.7 cm³/mol. The minimum absolute atomic E-state index is 0.123. The third-order valence-corrected chi connectivity index (χ3v) is 4.19. The minimum atomic E-state index is -0.390. The Morgan fingerprint density at radius 2 is 2.14 bits per heavy atom. The third-order valence-electron chi connectivity index (χ3n) is 4.19. The van der Waals surface area contributed by atoms with Gasteiger partial charge in [-0.2, -0.15) is 0 Å². The molecule has 22 heavy (non-hydrogen) atoms. The average molecular weight is 299 g/mol. The highest BCUT2D eigenvalue weighted by molar-refractivity contribution is 5.21. The maximum Gasteiger partial charge on any atom is 0.251 e. The number of H-pyrrole nitrogens is 1. The number of benzene rings is 1. The van der Waals surface area contributed by atoms with E-state index in [0.29, 0.717) is 18.9 Å². The molecular formula is C17H21N3O2. The normalized spacial score (nSPS) is 22.6. The van der Waals surface area contributed by atoms with Crippen molar-refractivity contribution in [2.45, 2.75) is 31.9 Å². The zero-order valence-electron chi connectivity index (χ0n) is 12.7. The predicted octanol–water partition coefficient (Wildman–Crippen LogP) is 1.43. The molecule has 0 aliphatic carbocycles. The van der Waals surface area contributed by atoms with Gasteiger partial charge < -0.3 is 10.1 Å². The van der Waals surface area contributed by atoms with Crippen LogP contribution in [0.4, 0.5) is 0 Å². The monoisotopic (exact) mass is 299 g/mol. The van der Waals surface area contributed by atoms with Crippen LogP contribution < -0.4 is 5.56 Å². The summed E-state index contributed by atoms with van der Waals surface area (Å²) in [5.74, 6) is 0.813. The van der Waals surface area contributed by atoms with Crippen molar-refractivity contribution in [2.75, 3.05) is 13.1 Å². The first-order valence-corrected chi connectivity index (χ1v) is 7.64. The lowest BCUT2D eigenvalue weighted by Gasteiger charge is -2.36. The number of aliphatic hydroxyl groups is 1. The van der Waals surface area contributed by atoms with Gasteiger partial charge in [0.25, 0.3) is 5.56 Å². The summed E-state index contributed by atoms with van der Waals surface area (Å²) in [6.45, 7) is 3.88. The molecule has 0 bridgehead atoms. The Bertz CT molecular complexity index is 684. The van der Waals surface area contributed by atoms with E-state index in [1.54, 1.807) is 6.92 Å². The fourth-order valence-corrected chi connectivity index (χ4v) is 3.18. The molecule has 0 saturated carbocycles. The number of β-amino-alcohol motifs (C(OH)–C–C–N with tert-alkyl or cyclic N) is 1. The Kier molecular flexibility index (Phi) is 4.36. The molecule has 2 atom stereocenters. The second-order valence-electron chi connectivity index (χ2n) is 5.93. The van der Waals surface area contributed by atoms with Gasteiger partial charge in [-0.3, -0.25) is 9.69 Å². The van der Waals surface area contributed by atoms with Crippen LogP contribution in [0.5, 0.6) is 0 Å². The molecule has 116 valence electrons. The number of aromatic nitrogens is 2. The van der Waals surface area contributed by atoms with Gasteiger partial charge in [-0.15, -0.1) is 0 Å². The maximum atomic E-state index is 11.5. The van der Waals surface area contributed by atoms with Crippen LogP contribution in [0.15, 0.2) is 41.2 Å². The molecule has 2 aromatic rings. The van der Waals surface area contributed by atoms with Crippen LogP contribution in [0.2, 0.25) is 0 Å². The molecule has 1 fully saturated rings. The number of hydrogen-bond acceptors (Lipinski definition) is 4. The van der Waals surface area contributed by atoms with E-state index in [4.69, 9.17) is 0 Å². The number of piperidine rings is 1. The molecule has 1 aliphatic heterocycles. The fourth-order valence-electron chi connectivity index (χ4n) is 3.18. The number of likely N-dealkylation sites (tertiary alicyclic amines) is 1. The van der Waals surface area contributed by atoms with Crippen molar-refractivity contribution in [2.24, 2.45) is 0 Å². The van der Waals surface area contributed by atoms with Gasteiger partial charge in [0.15, 0.2) is 0 Å². The Hall–Kier alpha value is -1.98. The smallest absolute Gasteiger partial charge is 0.251 e. The molecule has 1 aliphatic rings. The molecular weight excluding hydrogens is 278 g/mol. The summed E-state index contributed by atoms with van der Waals surface area (Å²) in [6.07, 6.45) is 0.520. The van der Waals surface area contributed by atoms with Crippen molar-refractivity contribution in [3.8, 4) is 0 Å². The first kappa shape index (κ1) is 14.9. The number of aromatic amines is 1. The summed E-state index contributed by atoms with van der Waals surface area (Å²) in [6, 6.07) is 11.7. The van der Waals surface area contributed by atoms with E-state index >= 15 is 0 Å². The van der Waals surface area contributed by atoms with Gasteiger partial charge in [0.1, 0.15) is 5.82 Å². The largest absolute Gasteiger partial charge is 0.391 e. The molecule has 5 nitrogen and oxygen atoms in total. The molecule has 0 amide bonds. The first-order valence-electron chi connectivity index (χ1n) is 7.64. The number of hydrogen-bond donors (Lipinski definition) is 2. The molecule has 0 spiro atoms. The molecule has 1 aromatic carbocycles. The topological polar surface area (TPSA) is 69.2 Å². The summed E-state index contributed by atoms with van der Waals surface area (Å²) in [4.78, 5) is 20.7. The van der Waals surface area contributed by atoms with Crippen molar-refractivity contribution in [1.82, 2.24) is 14.9 Å². The van der Waals surface area contributed by atoms with E-state index < -0.39 is 0 Å². The highest BCUT2D eigenvalue weighted by Crippen LogP contribution is 2.28. The highest BCUT2D eigenvalue weighted by atomic mass is 16.3. The van der Waals surface area contributed by atoms with E-state index in [0.717, 1.165) is 18.7 Å².